The lowest BCUT2D eigenvalue weighted by atomic mass is 10.3. The minimum absolute atomic E-state index is 0.370. The second-order valence-corrected chi connectivity index (χ2v) is 7.65. The summed E-state index contributed by atoms with van der Waals surface area (Å²) in [6.07, 6.45) is 5.68. The normalized spacial score (nSPS) is 11.4. The molecule has 0 atom stereocenters. The highest BCUT2D eigenvalue weighted by Gasteiger charge is 2.20. The molecule has 2 aromatic rings. The highest BCUT2D eigenvalue weighted by atomic mass is 79.9. The van der Waals surface area contributed by atoms with E-state index in [2.05, 4.69) is 31.4 Å². The van der Waals surface area contributed by atoms with Crippen LogP contribution in [0.5, 0.6) is 0 Å². The van der Waals surface area contributed by atoms with Crippen LogP contribution in [0.3, 0.4) is 0 Å². The van der Waals surface area contributed by atoms with Gasteiger partial charge in [0.2, 0.25) is 10.0 Å². The zero-order valence-electron chi connectivity index (χ0n) is 12.8. The lowest BCUT2D eigenvalue weighted by molar-refractivity contribution is -0.119. The SMILES string of the molecule is CS(=O)(=O)N(CC(=O)N/N=C\c1cccnc1)c1ccc(Br)cc1. The summed E-state index contributed by atoms with van der Waals surface area (Å²) in [4.78, 5) is 15.9. The summed E-state index contributed by atoms with van der Waals surface area (Å²) in [6.45, 7) is -0.370. The molecule has 0 aliphatic carbocycles. The van der Waals surface area contributed by atoms with Gasteiger partial charge in [0.25, 0.3) is 5.91 Å². The lowest BCUT2D eigenvalue weighted by Gasteiger charge is -2.21. The van der Waals surface area contributed by atoms with Crippen molar-refractivity contribution < 1.29 is 13.2 Å². The van der Waals surface area contributed by atoms with Gasteiger partial charge in [0.05, 0.1) is 18.2 Å². The Hall–Kier alpha value is -2.26. The van der Waals surface area contributed by atoms with E-state index in [1.54, 1.807) is 48.8 Å². The first-order valence-corrected chi connectivity index (χ1v) is 9.45. The largest absolute Gasteiger partial charge is 0.271 e. The van der Waals surface area contributed by atoms with Crippen molar-refractivity contribution in [3.8, 4) is 0 Å². The number of amides is 1. The third-order valence-corrected chi connectivity index (χ3v) is 4.56. The smallest absolute Gasteiger partial charge is 0.260 e. The average molecular weight is 411 g/mol. The Labute approximate surface area is 148 Å². The maximum absolute atomic E-state index is 12.0. The Bertz CT molecular complexity index is 824. The molecule has 0 aliphatic rings. The zero-order chi connectivity index (χ0) is 17.6. The van der Waals surface area contributed by atoms with Gasteiger partial charge in [-0.2, -0.15) is 5.10 Å². The predicted molar refractivity (Wildman–Crippen MR) is 96.3 cm³/mol. The van der Waals surface area contributed by atoms with E-state index in [1.165, 1.54) is 6.21 Å². The van der Waals surface area contributed by atoms with Crippen molar-refractivity contribution >= 4 is 43.8 Å². The Morgan fingerprint density at radius 1 is 1.33 bits per heavy atom. The van der Waals surface area contributed by atoms with E-state index in [0.717, 1.165) is 15.0 Å². The third-order valence-electron chi connectivity index (χ3n) is 2.89. The minimum Gasteiger partial charge on any atom is -0.271 e. The van der Waals surface area contributed by atoms with Crippen LogP contribution in [0.4, 0.5) is 5.69 Å². The Morgan fingerprint density at radius 3 is 2.62 bits per heavy atom. The number of carbonyl (C=O) groups excluding carboxylic acids is 1. The molecule has 9 heteroatoms. The van der Waals surface area contributed by atoms with E-state index < -0.39 is 15.9 Å². The molecule has 0 saturated carbocycles. The van der Waals surface area contributed by atoms with Crippen LogP contribution in [-0.2, 0) is 14.8 Å². The van der Waals surface area contributed by atoms with E-state index in [0.29, 0.717) is 11.3 Å². The van der Waals surface area contributed by atoms with Crippen molar-refractivity contribution in [2.75, 3.05) is 17.1 Å². The molecule has 0 saturated heterocycles. The number of pyridine rings is 1. The van der Waals surface area contributed by atoms with E-state index in [1.807, 2.05) is 0 Å². The van der Waals surface area contributed by atoms with Gasteiger partial charge in [-0.25, -0.2) is 13.8 Å². The summed E-state index contributed by atoms with van der Waals surface area (Å²) in [6, 6.07) is 10.1. The molecule has 0 spiro atoms. The highest BCUT2D eigenvalue weighted by Crippen LogP contribution is 2.20. The quantitative estimate of drug-likeness (QED) is 0.579. The van der Waals surface area contributed by atoms with Gasteiger partial charge in [0.15, 0.2) is 0 Å². The van der Waals surface area contributed by atoms with Gasteiger partial charge in [-0.15, -0.1) is 0 Å². The minimum atomic E-state index is -3.61. The zero-order valence-corrected chi connectivity index (χ0v) is 15.2. The number of nitrogens with one attached hydrogen (secondary N) is 1. The molecule has 1 aromatic carbocycles. The number of aromatic nitrogens is 1. The molecule has 1 aromatic heterocycles. The second kappa shape index (κ2) is 8.02. The van der Waals surface area contributed by atoms with Gasteiger partial charge in [0.1, 0.15) is 6.54 Å². The number of sulfonamides is 1. The van der Waals surface area contributed by atoms with Crippen LogP contribution in [-0.4, -0.2) is 38.3 Å². The molecule has 1 N–H and O–H groups in total. The molecule has 24 heavy (non-hydrogen) atoms. The fraction of sp³-hybridized carbons (Fsp3) is 0.133. The number of hydrogen-bond acceptors (Lipinski definition) is 5. The van der Waals surface area contributed by atoms with Crippen molar-refractivity contribution in [3.05, 3.63) is 58.8 Å². The van der Waals surface area contributed by atoms with Gasteiger partial charge in [0, 0.05) is 22.4 Å². The van der Waals surface area contributed by atoms with E-state index in [-0.39, 0.29) is 6.54 Å². The molecule has 7 nitrogen and oxygen atoms in total. The Balaban J connectivity index is 2.05. The van der Waals surface area contributed by atoms with Crippen molar-refractivity contribution in [1.29, 1.82) is 0 Å². The van der Waals surface area contributed by atoms with Gasteiger partial charge in [-0.3, -0.25) is 14.1 Å². The second-order valence-electron chi connectivity index (χ2n) is 4.83. The molecule has 2 rings (SSSR count). The summed E-state index contributed by atoms with van der Waals surface area (Å²) in [7, 11) is -3.61. The number of benzene rings is 1. The van der Waals surface area contributed by atoms with Crippen LogP contribution in [0.1, 0.15) is 5.56 Å². The average Bonchev–Trinajstić information content (AvgIpc) is 2.54. The summed E-state index contributed by atoms with van der Waals surface area (Å²) < 4.78 is 25.7. The van der Waals surface area contributed by atoms with E-state index in [4.69, 9.17) is 0 Å². The fourth-order valence-electron chi connectivity index (χ4n) is 1.80. The summed E-state index contributed by atoms with van der Waals surface area (Å²) >= 11 is 3.28. The van der Waals surface area contributed by atoms with Crippen LogP contribution >= 0.6 is 15.9 Å². The highest BCUT2D eigenvalue weighted by molar-refractivity contribution is 9.10. The van der Waals surface area contributed by atoms with Crippen LogP contribution in [0.25, 0.3) is 0 Å². The van der Waals surface area contributed by atoms with Crippen LogP contribution < -0.4 is 9.73 Å². The van der Waals surface area contributed by atoms with Gasteiger partial charge in [-0.1, -0.05) is 22.0 Å². The van der Waals surface area contributed by atoms with Gasteiger partial charge >= 0.3 is 0 Å². The number of hydrogen-bond donors (Lipinski definition) is 1. The van der Waals surface area contributed by atoms with Crippen molar-refractivity contribution in [2.45, 2.75) is 0 Å². The molecule has 1 amide bonds. The van der Waals surface area contributed by atoms with Gasteiger partial charge < -0.3 is 0 Å². The molecular formula is C15H15BrN4O3S. The first-order valence-electron chi connectivity index (χ1n) is 6.81. The number of hydrazone groups is 1. The first kappa shape index (κ1) is 18.1. The molecule has 0 bridgehead atoms. The number of anilines is 1. The Morgan fingerprint density at radius 2 is 2.04 bits per heavy atom. The molecule has 126 valence electrons. The van der Waals surface area contributed by atoms with Crippen LogP contribution in [0.15, 0.2) is 58.4 Å². The standard InChI is InChI=1S/C15H15BrN4O3S/c1-24(22,23)20(14-6-4-13(16)5-7-14)11-15(21)19-18-10-12-3-2-8-17-9-12/h2-10H,11H2,1H3,(H,19,21)/b18-10-. The van der Waals surface area contributed by atoms with Crippen LogP contribution in [0.2, 0.25) is 0 Å². The number of carbonyl (C=O) groups is 1. The molecule has 0 aliphatic heterocycles. The number of nitrogens with zero attached hydrogens (tertiary/aromatic N) is 3. The maximum atomic E-state index is 12.0. The molecule has 0 unspecified atom stereocenters. The topological polar surface area (TPSA) is 91.7 Å². The summed E-state index contributed by atoms with van der Waals surface area (Å²) in [5.74, 6) is -0.552. The first-order chi connectivity index (χ1) is 11.4. The van der Waals surface area contributed by atoms with Gasteiger partial charge in [-0.05, 0) is 30.3 Å². The van der Waals surface area contributed by atoms with Crippen molar-refractivity contribution in [3.63, 3.8) is 0 Å². The van der Waals surface area contributed by atoms with E-state index >= 15 is 0 Å². The fourth-order valence-corrected chi connectivity index (χ4v) is 2.93. The molecule has 0 fully saturated rings. The molecule has 1 heterocycles. The van der Waals surface area contributed by atoms with Crippen LogP contribution in [0, 0.1) is 0 Å². The molecular weight excluding hydrogens is 396 g/mol. The van der Waals surface area contributed by atoms with E-state index in [9.17, 15) is 13.2 Å². The summed E-state index contributed by atoms with van der Waals surface area (Å²) in [5, 5.41) is 3.79. The third kappa shape index (κ3) is 5.43. The maximum Gasteiger partial charge on any atom is 0.260 e. The van der Waals surface area contributed by atoms with Crippen molar-refractivity contribution in [1.82, 2.24) is 10.4 Å². The number of halogens is 1. The number of rotatable bonds is 6. The lowest BCUT2D eigenvalue weighted by Crippen LogP contribution is -2.39. The molecule has 0 radical (unpaired) electrons. The summed E-state index contributed by atoms with van der Waals surface area (Å²) in [5.41, 5.74) is 3.41. The monoisotopic (exact) mass is 410 g/mol. The van der Waals surface area contributed by atoms with Crippen molar-refractivity contribution in [2.24, 2.45) is 5.10 Å². The predicted octanol–water partition coefficient (Wildman–Crippen LogP) is 1.76. The Kier molecular flexibility index (Phi) is 6.04.